The van der Waals surface area contributed by atoms with E-state index in [2.05, 4.69) is 0 Å². The molecule has 0 radical (unpaired) electrons. The van der Waals surface area contributed by atoms with Crippen molar-refractivity contribution in [1.29, 1.82) is 0 Å². The molecule has 3 nitrogen and oxygen atoms in total. The van der Waals surface area contributed by atoms with Gasteiger partial charge in [0.05, 0.1) is 0 Å². The summed E-state index contributed by atoms with van der Waals surface area (Å²) in [4.78, 5) is 0. The first-order chi connectivity index (χ1) is 1.73. The van der Waals surface area contributed by atoms with Gasteiger partial charge in [-0.1, -0.05) is 0 Å². The third kappa shape index (κ3) is 41.0. The Morgan fingerprint density at radius 2 is 1.00 bits per heavy atom. The molecule has 0 bridgehead atoms. The first kappa shape index (κ1) is 9.43. The Balaban J connectivity index is 0. The molecule has 0 atom stereocenters. The molecule has 0 N–H and O–H groups in total. The minimum atomic E-state index is -4.11. The van der Waals surface area contributed by atoms with Crippen LogP contribution in [-0.2, 0) is 27.4 Å². The van der Waals surface area contributed by atoms with Gasteiger partial charge in [-0.3, -0.25) is 0 Å². The predicted molar refractivity (Wildman–Crippen MR) is 9.21 cm³/mol. The van der Waals surface area contributed by atoms with Crippen molar-refractivity contribution in [2.24, 2.45) is 0 Å². The topological polar surface area (TPSA) is 51.2 Å². The van der Waals surface area contributed by atoms with Crippen LogP contribution in [0.3, 0.4) is 0 Å². The summed E-state index contributed by atoms with van der Waals surface area (Å²) in [5.41, 5.74) is 0. The second kappa shape index (κ2) is 5.09. The Morgan fingerprint density at radius 3 is 1.00 bits per heavy atom. The molecule has 0 amide bonds. The van der Waals surface area contributed by atoms with Gasteiger partial charge in [0.1, 0.15) is 0 Å². The average molecular weight is 168 g/mol. The summed E-state index contributed by atoms with van der Waals surface area (Å²) in [5.74, 6) is 0. The Bertz CT molecular complexity index is 76.3. The summed E-state index contributed by atoms with van der Waals surface area (Å²) in [6.45, 7) is 0. The van der Waals surface area contributed by atoms with Crippen LogP contribution in [0.5, 0.6) is 0 Å². The summed E-state index contributed by atoms with van der Waals surface area (Å²) in [6.07, 6.45) is 0. The molecule has 0 rings (SSSR count). The van der Waals surface area contributed by atoms with Gasteiger partial charge < -0.3 is 0 Å². The number of hydrogen-bond donors (Lipinski definition) is 0. The van der Waals surface area contributed by atoms with Crippen molar-refractivity contribution in [3.05, 3.63) is 0 Å². The molecule has 26 valence electrons. The van der Waals surface area contributed by atoms with Crippen LogP contribution in [0, 0.1) is 0 Å². The molecule has 0 spiro atoms. The maximum atomic E-state index is 8.59. The van der Waals surface area contributed by atoms with Gasteiger partial charge in [0.2, 0.25) is 0 Å². The molecule has 0 unspecified atom stereocenters. The van der Waals surface area contributed by atoms with Crippen molar-refractivity contribution in [3.63, 3.8) is 0 Å². The first-order valence-corrected chi connectivity index (χ1v) is 2.96. The monoisotopic (exact) mass is 170 g/mol. The molecule has 0 aromatic rings. The van der Waals surface area contributed by atoms with Gasteiger partial charge in [0.25, 0.3) is 0 Å². The second-order valence-corrected chi connectivity index (χ2v) is 1.21. The van der Waals surface area contributed by atoms with E-state index >= 15 is 0 Å². The van der Waals surface area contributed by atoms with Crippen LogP contribution in [0.25, 0.3) is 0 Å². The second-order valence-electron chi connectivity index (χ2n) is 0.204. The van der Waals surface area contributed by atoms with Crippen LogP contribution < -0.4 is 0 Å². The molecule has 5 heavy (non-hydrogen) atoms. The SMILES string of the molecule is [NaH].[O]=[Mo](=[O])=[O]. The van der Waals surface area contributed by atoms with E-state index in [1.807, 2.05) is 0 Å². The third-order valence-electron chi connectivity index (χ3n) is 0. The van der Waals surface area contributed by atoms with Gasteiger partial charge in [0.15, 0.2) is 0 Å². The number of hydrogen-bond acceptors (Lipinski definition) is 3. The third-order valence-corrected chi connectivity index (χ3v) is 0. The van der Waals surface area contributed by atoms with Crippen molar-refractivity contribution in [2.45, 2.75) is 0 Å². The molecule has 5 heteroatoms. The van der Waals surface area contributed by atoms with E-state index in [1.165, 1.54) is 0 Å². The van der Waals surface area contributed by atoms with Crippen LogP contribution in [0.1, 0.15) is 0 Å². The van der Waals surface area contributed by atoms with Crippen LogP contribution in [-0.4, -0.2) is 29.6 Å². The van der Waals surface area contributed by atoms with Gasteiger partial charge in [-0.05, 0) is 0 Å². The van der Waals surface area contributed by atoms with E-state index in [0.717, 1.165) is 0 Å². The zero-order chi connectivity index (χ0) is 3.58. The summed E-state index contributed by atoms with van der Waals surface area (Å²) in [6, 6.07) is 0. The van der Waals surface area contributed by atoms with Gasteiger partial charge in [-0.2, -0.15) is 0 Å². The molecule has 0 saturated heterocycles. The fourth-order valence-electron chi connectivity index (χ4n) is 0. The van der Waals surface area contributed by atoms with E-state index < -0.39 is 17.2 Å². The normalized spacial score (nSPS) is 4.80. The maximum absolute atomic E-state index is 8.59. The zero-order valence-electron chi connectivity index (χ0n) is 1.63. The summed E-state index contributed by atoms with van der Waals surface area (Å²) in [7, 11) is 0. The van der Waals surface area contributed by atoms with Crippen LogP contribution >= 0.6 is 0 Å². The Hall–Kier alpha value is 1.09. The van der Waals surface area contributed by atoms with Crippen LogP contribution in [0.2, 0.25) is 0 Å². The van der Waals surface area contributed by atoms with Crippen molar-refractivity contribution < 1.29 is 27.4 Å². The van der Waals surface area contributed by atoms with Gasteiger partial charge in [0, 0.05) is 0 Å². The summed E-state index contributed by atoms with van der Waals surface area (Å²) >= 11 is -4.11. The van der Waals surface area contributed by atoms with E-state index in [-0.39, 0.29) is 29.6 Å². The summed E-state index contributed by atoms with van der Waals surface area (Å²) < 4.78 is 25.8. The molecule has 0 aliphatic rings. The van der Waals surface area contributed by atoms with E-state index in [4.69, 9.17) is 10.2 Å². The van der Waals surface area contributed by atoms with Crippen molar-refractivity contribution in [2.75, 3.05) is 0 Å². The zero-order valence-corrected chi connectivity index (χ0v) is 3.64. The van der Waals surface area contributed by atoms with Crippen molar-refractivity contribution in [1.82, 2.24) is 0 Å². The molecule has 0 aliphatic heterocycles. The molecular formula is HMoNaO3. The fraction of sp³-hybridized carbons (Fsp3) is 0. The standard InChI is InChI=1S/Mo.Na.3O.H. The Labute approximate surface area is 56.5 Å². The van der Waals surface area contributed by atoms with Gasteiger partial charge in [-0.25, -0.2) is 0 Å². The van der Waals surface area contributed by atoms with Gasteiger partial charge >= 0.3 is 57.0 Å². The molecular weight excluding hydrogens is 167 g/mol. The van der Waals surface area contributed by atoms with Crippen molar-refractivity contribution in [3.8, 4) is 0 Å². The molecule has 0 aromatic heterocycles. The molecule has 0 aromatic carbocycles. The van der Waals surface area contributed by atoms with Gasteiger partial charge in [-0.15, -0.1) is 0 Å². The fourth-order valence-corrected chi connectivity index (χ4v) is 0. The minimum absolute atomic E-state index is 0. The van der Waals surface area contributed by atoms with Crippen molar-refractivity contribution >= 4 is 29.6 Å². The van der Waals surface area contributed by atoms with Crippen LogP contribution in [0.4, 0.5) is 0 Å². The Morgan fingerprint density at radius 1 is 1.00 bits per heavy atom. The molecule has 0 heterocycles. The number of rotatable bonds is 0. The van der Waals surface area contributed by atoms with Crippen LogP contribution in [0.15, 0.2) is 0 Å². The average Bonchev–Trinajstić information content (AvgIpc) is 0.811. The molecule has 0 saturated carbocycles. The summed E-state index contributed by atoms with van der Waals surface area (Å²) in [5, 5.41) is 0. The molecule has 0 aliphatic carbocycles. The quantitative estimate of drug-likeness (QED) is 0.435. The Kier molecular flexibility index (Phi) is 9.60. The first-order valence-electron chi connectivity index (χ1n) is 0.500. The predicted octanol–water partition coefficient (Wildman–Crippen LogP) is -1.01. The van der Waals surface area contributed by atoms with E-state index in [1.54, 1.807) is 0 Å². The molecule has 0 fully saturated rings. The van der Waals surface area contributed by atoms with E-state index in [0.29, 0.717) is 0 Å². The van der Waals surface area contributed by atoms with E-state index in [9.17, 15) is 0 Å².